The van der Waals surface area contributed by atoms with Crippen LogP contribution in [0.3, 0.4) is 0 Å². The molecule has 2 aromatic rings. The Hall–Kier alpha value is -2.96. The van der Waals surface area contributed by atoms with Crippen LogP contribution < -0.4 is 10.7 Å². The van der Waals surface area contributed by atoms with Crippen molar-refractivity contribution in [3.05, 3.63) is 74.2 Å². The molecule has 1 unspecified atom stereocenters. The largest absolute Gasteiger partial charge is 0.367 e. The van der Waals surface area contributed by atoms with Gasteiger partial charge in [0.05, 0.1) is 11.0 Å². The summed E-state index contributed by atoms with van der Waals surface area (Å²) in [5, 5.41) is 13.4. The molecule has 7 nitrogen and oxygen atoms in total. The van der Waals surface area contributed by atoms with Crippen LogP contribution in [0.1, 0.15) is 28.9 Å². The SMILES string of the molecule is CC(NC(=O)c1c[nH]ccc1=O)c1cccc([N+](=O)[O-])c1. The number of nitrogens with one attached hydrogen (secondary N) is 2. The summed E-state index contributed by atoms with van der Waals surface area (Å²) in [5.41, 5.74) is 0.142. The Bertz CT molecular complexity index is 739. The Morgan fingerprint density at radius 1 is 1.38 bits per heavy atom. The summed E-state index contributed by atoms with van der Waals surface area (Å²) >= 11 is 0. The number of aromatic nitrogens is 1. The van der Waals surface area contributed by atoms with E-state index in [2.05, 4.69) is 10.3 Å². The number of aromatic amines is 1. The highest BCUT2D eigenvalue weighted by atomic mass is 16.6. The predicted molar refractivity (Wildman–Crippen MR) is 76.0 cm³/mol. The molecule has 21 heavy (non-hydrogen) atoms. The van der Waals surface area contributed by atoms with E-state index in [4.69, 9.17) is 0 Å². The van der Waals surface area contributed by atoms with Gasteiger partial charge in [0.2, 0.25) is 0 Å². The van der Waals surface area contributed by atoms with Gasteiger partial charge in [0.1, 0.15) is 5.56 Å². The Labute approximate surface area is 119 Å². The Kier molecular flexibility index (Phi) is 4.13. The standard InChI is InChI=1S/C14H13N3O4/c1-9(10-3-2-4-11(7-10)17(20)21)16-14(19)12-8-15-6-5-13(12)18/h2-9H,1H3,(H,15,18)(H,16,19). The van der Waals surface area contributed by atoms with Gasteiger partial charge in [0.15, 0.2) is 5.43 Å². The summed E-state index contributed by atoms with van der Waals surface area (Å²) in [5.74, 6) is -0.532. The number of amides is 1. The van der Waals surface area contributed by atoms with Crippen molar-refractivity contribution in [3.63, 3.8) is 0 Å². The third-order valence-corrected chi connectivity index (χ3v) is 3.00. The summed E-state index contributed by atoms with van der Waals surface area (Å²) in [6, 6.07) is 6.78. The van der Waals surface area contributed by atoms with Gasteiger partial charge < -0.3 is 10.3 Å². The summed E-state index contributed by atoms with van der Waals surface area (Å²) in [4.78, 5) is 36.5. The van der Waals surface area contributed by atoms with Crippen molar-refractivity contribution < 1.29 is 9.72 Å². The van der Waals surface area contributed by atoms with E-state index in [1.54, 1.807) is 19.1 Å². The molecule has 0 aliphatic heterocycles. The van der Waals surface area contributed by atoms with E-state index in [1.807, 2.05) is 0 Å². The number of benzene rings is 1. The fourth-order valence-corrected chi connectivity index (χ4v) is 1.86. The molecule has 0 aliphatic rings. The number of non-ortho nitro benzene ring substituents is 1. The third kappa shape index (κ3) is 3.33. The lowest BCUT2D eigenvalue weighted by Crippen LogP contribution is -2.30. The Morgan fingerprint density at radius 2 is 2.14 bits per heavy atom. The highest BCUT2D eigenvalue weighted by Crippen LogP contribution is 2.19. The predicted octanol–water partition coefficient (Wildman–Crippen LogP) is 1.77. The molecule has 0 bridgehead atoms. The zero-order valence-corrected chi connectivity index (χ0v) is 11.2. The van der Waals surface area contributed by atoms with Gasteiger partial charge in [-0.3, -0.25) is 19.7 Å². The molecule has 0 radical (unpaired) electrons. The molecule has 0 saturated carbocycles. The molecule has 1 aromatic heterocycles. The first-order valence-electron chi connectivity index (χ1n) is 6.21. The Morgan fingerprint density at radius 3 is 2.81 bits per heavy atom. The van der Waals surface area contributed by atoms with Crippen molar-refractivity contribution in [1.82, 2.24) is 10.3 Å². The van der Waals surface area contributed by atoms with Gasteiger partial charge in [-0.05, 0) is 12.5 Å². The quantitative estimate of drug-likeness (QED) is 0.660. The topological polar surface area (TPSA) is 105 Å². The van der Waals surface area contributed by atoms with Crippen molar-refractivity contribution in [1.29, 1.82) is 0 Å². The molecule has 7 heteroatoms. The number of rotatable bonds is 4. The van der Waals surface area contributed by atoms with Crippen LogP contribution in [0.5, 0.6) is 0 Å². The van der Waals surface area contributed by atoms with Gasteiger partial charge in [-0.15, -0.1) is 0 Å². The maximum Gasteiger partial charge on any atom is 0.269 e. The molecular weight excluding hydrogens is 274 g/mol. The second-order valence-electron chi connectivity index (χ2n) is 4.47. The van der Waals surface area contributed by atoms with Gasteiger partial charge in [0, 0.05) is 30.6 Å². The monoisotopic (exact) mass is 287 g/mol. The second kappa shape index (κ2) is 6.00. The Balaban J connectivity index is 2.18. The lowest BCUT2D eigenvalue weighted by atomic mass is 10.1. The van der Waals surface area contributed by atoms with E-state index < -0.39 is 22.3 Å². The second-order valence-corrected chi connectivity index (χ2v) is 4.47. The number of nitro groups is 1. The van der Waals surface area contributed by atoms with Crippen molar-refractivity contribution in [3.8, 4) is 0 Å². The van der Waals surface area contributed by atoms with E-state index in [0.717, 1.165) is 0 Å². The van der Waals surface area contributed by atoms with Crippen molar-refractivity contribution in [2.24, 2.45) is 0 Å². The normalized spacial score (nSPS) is 11.7. The molecule has 0 fully saturated rings. The van der Waals surface area contributed by atoms with Crippen molar-refractivity contribution >= 4 is 11.6 Å². The van der Waals surface area contributed by atoms with Crippen LogP contribution in [0.2, 0.25) is 0 Å². The first kappa shape index (κ1) is 14.4. The molecular formula is C14H13N3O4. The molecule has 2 rings (SSSR count). The highest BCUT2D eigenvalue weighted by molar-refractivity contribution is 5.93. The molecule has 1 atom stereocenters. The average Bonchev–Trinajstić information content (AvgIpc) is 2.47. The number of nitrogens with zero attached hydrogens (tertiary/aromatic N) is 1. The van der Waals surface area contributed by atoms with Gasteiger partial charge in [0.25, 0.3) is 11.6 Å². The lowest BCUT2D eigenvalue weighted by molar-refractivity contribution is -0.384. The molecule has 1 heterocycles. The van der Waals surface area contributed by atoms with Crippen LogP contribution in [-0.2, 0) is 0 Å². The summed E-state index contributed by atoms with van der Waals surface area (Å²) in [6.45, 7) is 1.69. The van der Waals surface area contributed by atoms with E-state index in [-0.39, 0.29) is 11.3 Å². The molecule has 2 N–H and O–H groups in total. The minimum atomic E-state index is -0.532. The van der Waals surface area contributed by atoms with E-state index in [9.17, 15) is 19.7 Å². The highest BCUT2D eigenvalue weighted by Gasteiger charge is 2.15. The van der Waals surface area contributed by atoms with Crippen molar-refractivity contribution in [2.75, 3.05) is 0 Å². The summed E-state index contributed by atoms with van der Waals surface area (Å²) in [6.07, 6.45) is 2.75. The van der Waals surface area contributed by atoms with Crippen LogP contribution in [0.4, 0.5) is 5.69 Å². The number of carbonyl (C=O) groups excluding carboxylic acids is 1. The van der Waals surface area contributed by atoms with E-state index >= 15 is 0 Å². The number of hydrogen-bond donors (Lipinski definition) is 2. The lowest BCUT2D eigenvalue weighted by Gasteiger charge is -2.13. The number of H-pyrrole nitrogens is 1. The van der Waals surface area contributed by atoms with Gasteiger partial charge in [-0.1, -0.05) is 12.1 Å². The van der Waals surface area contributed by atoms with Gasteiger partial charge in [-0.2, -0.15) is 0 Å². The zero-order chi connectivity index (χ0) is 15.4. The van der Waals surface area contributed by atoms with E-state index in [1.165, 1.54) is 30.6 Å². The molecule has 0 spiro atoms. The first-order chi connectivity index (χ1) is 9.99. The third-order valence-electron chi connectivity index (χ3n) is 3.00. The minimum absolute atomic E-state index is 0.00483. The number of nitro benzene ring substituents is 1. The molecule has 0 saturated heterocycles. The van der Waals surface area contributed by atoms with E-state index in [0.29, 0.717) is 5.56 Å². The van der Waals surface area contributed by atoms with Gasteiger partial charge in [-0.25, -0.2) is 0 Å². The maximum atomic E-state index is 12.0. The first-order valence-corrected chi connectivity index (χ1v) is 6.21. The van der Waals surface area contributed by atoms with Crippen LogP contribution in [0.15, 0.2) is 47.5 Å². The number of pyridine rings is 1. The molecule has 0 aliphatic carbocycles. The van der Waals surface area contributed by atoms with Crippen LogP contribution in [-0.4, -0.2) is 15.8 Å². The summed E-state index contributed by atoms with van der Waals surface area (Å²) < 4.78 is 0. The minimum Gasteiger partial charge on any atom is -0.367 e. The molecule has 108 valence electrons. The van der Waals surface area contributed by atoms with Crippen LogP contribution >= 0.6 is 0 Å². The number of hydrogen-bond acceptors (Lipinski definition) is 4. The van der Waals surface area contributed by atoms with Crippen molar-refractivity contribution in [2.45, 2.75) is 13.0 Å². The maximum absolute atomic E-state index is 12.0. The van der Waals surface area contributed by atoms with Crippen LogP contribution in [0.25, 0.3) is 0 Å². The van der Waals surface area contributed by atoms with Crippen LogP contribution in [0, 0.1) is 10.1 Å². The molecule has 1 aromatic carbocycles. The zero-order valence-electron chi connectivity index (χ0n) is 11.2. The smallest absolute Gasteiger partial charge is 0.269 e. The summed E-state index contributed by atoms with van der Waals surface area (Å²) in [7, 11) is 0. The number of carbonyl (C=O) groups is 1. The molecule has 1 amide bonds. The average molecular weight is 287 g/mol. The fraction of sp³-hybridized carbons (Fsp3) is 0.143. The van der Waals surface area contributed by atoms with Gasteiger partial charge >= 0.3 is 0 Å². The fourth-order valence-electron chi connectivity index (χ4n) is 1.86.